The lowest BCUT2D eigenvalue weighted by molar-refractivity contribution is 0.119. The molecule has 3 heteroatoms. The first-order valence-corrected chi connectivity index (χ1v) is 8.08. The molecule has 0 aromatic heterocycles. The predicted molar refractivity (Wildman–Crippen MR) is 92.3 cm³/mol. The Morgan fingerprint density at radius 1 is 1.05 bits per heavy atom. The molecule has 2 aliphatic heterocycles. The van der Waals surface area contributed by atoms with Gasteiger partial charge in [-0.1, -0.05) is 44.2 Å². The first kappa shape index (κ1) is 16.8. The number of rotatable bonds is 3. The third kappa shape index (κ3) is 3.80. The van der Waals surface area contributed by atoms with Crippen molar-refractivity contribution in [3.8, 4) is 0 Å². The fourth-order valence-electron chi connectivity index (χ4n) is 3.88. The van der Waals surface area contributed by atoms with Gasteiger partial charge in [0.05, 0.1) is 0 Å². The molecule has 3 rings (SSSR count). The van der Waals surface area contributed by atoms with Crippen molar-refractivity contribution in [3.63, 3.8) is 0 Å². The molecule has 2 heterocycles. The fraction of sp³-hybridized carbons (Fsp3) is 0.667. The lowest BCUT2D eigenvalue weighted by atomic mass is 9.74. The van der Waals surface area contributed by atoms with E-state index in [1.165, 1.54) is 57.5 Å². The average molecular weight is 309 g/mol. The maximum absolute atomic E-state index is 3.52. The van der Waals surface area contributed by atoms with Gasteiger partial charge >= 0.3 is 0 Å². The second kappa shape index (κ2) is 6.68. The molecule has 1 N–H and O–H groups in total. The Morgan fingerprint density at radius 2 is 1.71 bits per heavy atom. The molecule has 0 spiro atoms. The van der Waals surface area contributed by atoms with Crippen molar-refractivity contribution in [1.29, 1.82) is 0 Å². The zero-order chi connectivity index (χ0) is 14.1. The fourth-order valence-corrected chi connectivity index (χ4v) is 3.88. The number of benzene rings is 1. The summed E-state index contributed by atoms with van der Waals surface area (Å²) in [6, 6.07) is 11.1. The topological polar surface area (TPSA) is 15.3 Å². The summed E-state index contributed by atoms with van der Waals surface area (Å²) in [5, 5.41) is 3.52. The third-order valence-corrected chi connectivity index (χ3v) is 5.49. The van der Waals surface area contributed by atoms with E-state index in [0.29, 0.717) is 10.8 Å². The van der Waals surface area contributed by atoms with Crippen LogP contribution in [0.25, 0.3) is 0 Å². The van der Waals surface area contributed by atoms with Crippen molar-refractivity contribution in [1.82, 2.24) is 10.2 Å². The van der Waals surface area contributed by atoms with Gasteiger partial charge in [0.15, 0.2) is 0 Å². The van der Waals surface area contributed by atoms with E-state index in [2.05, 4.69) is 54.4 Å². The molecule has 2 aliphatic rings. The number of hydrogen-bond donors (Lipinski definition) is 1. The van der Waals surface area contributed by atoms with Crippen molar-refractivity contribution < 1.29 is 0 Å². The van der Waals surface area contributed by atoms with E-state index < -0.39 is 0 Å². The Bertz CT molecular complexity index is 432. The van der Waals surface area contributed by atoms with Crippen LogP contribution < -0.4 is 5.32 Å². The van der Waals surface area contributed by atoms with Crippen LogP contribution in [0, 0.1) is 5.41 Å². The van der Waals surface area contributed by atoms with E-state index >= 15 is 0 Å². The number of halogens is 1. The second-order valence-corrected chi connectivity index (χ2v) is 7.44. The van der Waals surface area contributed by atoms with Crippen LogP contribution in [-0.4, -0.2) is 37.6 Å². The van der Waals surface area contributed by atoms with Gasteiger partial charge in [-0.05, 0) is 55.3 Å². The zero-order valence-electron chi connectivity index (χ0n) is 13.4. The molecule has 0 radical (unpaired) electrons. The summed E-state index contributed by atoms with van der Waals surface area (Å²) in [5.74, 6) is 0. The Hall–Kier alpha value is -0.570. The molecule has 0 bridgehead atoms. The Kier molecular flexibility index (Phi) is 5.34. The van der Waals surface area contributed by atoms with Crippen molar-refractivity contribution in [2.75, 3.05) is 32.7 Å². The van der Waals surface area contributed by atoms with Crippen LogP contribution in [0.2, 0.25) is 0 Å². The summed E-state index contributed by atoms with van der Waals surface area (Å²) in [4.78, 5) is 2.69. The first-order chi connectivity index (χ1) is 9.60. The average Bonchev–Trinajstić information content (AvgIpc) is 2.89. The van der Waals surface area contributed by atoms with Crippen LogP contribution in [0.5, 0.6) is 0 Å². The van der Waals surface area contributed by atoms with E-state index in [1.807, 2.05) is 0 Å². The summed E-state index contributed by atoms with van der Waals surface area (Å²) in [5.41, 5.74) is 2.40. The van der Waals surface area contributed by atoms with Crippen molar-refractivity contribution >= 4 is 12.4 Å². The van der Waals surface area contributed by atoms with Crippen LogP contribution in [-0.2, 0) is 5.41 Å². The van der Waals surface area contributed by atoms with Crippen LogP contribution in [0.4, 0.5) is 0 Å². The van der Waals surface area contributed by atoms with Gasteiger partial charge in [0.25, 0.3) is 0 Å². The highest BCUT2D eigenvalue weighted by Gasteiger charge is 2.35. The minimum Gasteiger partial charge on any atom is -0.316 e. The number of nitrogens with one attached hydrogen (secondary N) is 1. The van der Waals surface area contributed by atoms with E-state index in [4.69, 9.17) is 0 Å². The minimum absolute atomic E-state index is 0. The number of hydrogen-bond acceptors (Lipinski definition) is 2. The molecule has 1 atom stereocenters. The minimum atomic E-state index is 0. The number of likely N-dealkylation sites (tertiary alicyclic amines) is 1. The lowest BCUT2D eigenvalue weighted by Crippen LogP contribution is -2.45. The van der Waals surface area contributed by atoms with Crippen molar-refractivity contribution in [2.24, 2.45) is 5.41 Å². The number of nitrogens with zero attached hydrogens (tertiary/aromatic N) is 1. The van der Waals surface area contributed by atoms with Crippen LogP contribution in [0.1, 0.15) is 38.7 Å². The Morgan fingerprint density at radius 3 is 2.29 bits per heavy atom. The molecule has 1 unspecified atom stereocenters. The quantitative estimate of drug-likeness (QED) is 0.920. The monoisotopic (exact) mass is 308 g/mol. The van der Waals surface area contributed by atoms with Gasteiger partial charge in [-0.15, -0.1) is 12.4 Å². The first-order valence-electron chi connectivity index (χ1n) is 8.08. The standard InChI is InChI=1S/C18H28N2.ClH/c1-17(8-11-19-14-17)15-20-12-9-18(2,10-13-20)16-6-4-3-5-7-16;/h3-7,19H,8-15H2,1-2H3;1H. The summed E-state index contributed by atoms with van der Waals surface area (Å²) >= 11 is 0. The number of piperidine rings is 1. The highest BCUT2D eigenvalue weighted by atomic mass is 35.5. The zero-order valence-corrected chi connectivity index (χ0v) is 14.2. The molecule has 2 saturated heterocycles. The molecular weight excluding hydrogens is 280 g/mol. The van der Waals surface area contributed by atoms with Gasteiger partial charge in [-0.25, -0.2) is 0 Å². The largest absolute Gasteiger partial charge is 0.316 e. The predicted octanol–water partition coefficient (Wildman–Crippen LogP) is 3.46. The maximum Gasteiger partial charge on any atom is 0.00480 e. The lowest BCUT2D eigenvalue weighted by Gasteiger charge is -2.42. The molecule has 2 fully saturated rings. The van der Waals surface area contributed by atoms with Crippen LogP contribution in [0.15, 0.2) is 30.3 Å². The van der Waals surface area contributed by atoms with E-state index in [-0.39, 0.29) is 12.4 Å². The molecule has 0 aliphatic carbocycles. The van der Waals surface area contributed by atoms with Gasteiger partial charge in [0.1, 0.15) is 0 Å². The molecule has 1 aromatic rings. The van der Waals surface area contributed by atoms with Gasteiger partial charge in [0.2, 0.25) is 0 Å². The van der Waals surface area contributed by atoms with Gasteiger partial charge < -0.3 is 10.2 Å². The van der Waals surface area contributed by atoms with E-state index in [9.17, 15) is 0 Å². The third-order valence-electron chi connectivity index (χ3n) is 5.49. The summed E-state index contributed by atoms with van der Waals surface area (Å²) in [6.45, 7) is 11.1. The molecular formula is C18H29ClN2. The van der Waals surface area contributed by atoms with Crippen molar-refractivity contribution in [2.45, 2.75) is 38.5 Å². The second-order valence-electron chi connectivity index (χ2n) is 7.44. The summed E-state index contributed by atoms with van der Waals surface area (Å²) in [7, 11) is 0. The van der Waals surface area contributed by atoms with E-state index in [0.717, 1.165) is 0 Å². The van der Waals surface area contributed by atoms with Gasteiger partial charge in [-0.2, -0.15) is 0 Å². The smallest absolute Gasteiger partial charge is 0.00480 e. The summed E-state index contributed by atoms with van der Waals surface area (Å²) < 4.78 is 0. The van der Waals surface area contributed by atoms with Gasteiger partial charge in [-0.3, -0.25) is 0 Å². The van der Waals surface area contributed by atoms with Gasteiger partial charge in [0, 0.05) is 13.1 Å². The highest BCUT2D eigenvalue weighted by molar-refractivity contribution is 5.85. The SMILES string of the molecule is CC1(CN2CCC(C)(c3ccccc3)CC2)CCNC1.Cl. The summed E-state index contributed by atoms with van der Waals surface area (Å²) in [6.07, 6.45) is 3.92. The molecule has 2 nitrogen and oxygen atoms in total. The van der Waals surface area contributed by atoms with Crippen molar-refractivity contribution in [3.05, 3.63) is 35.9 Å². The Balaban J connectivity index is 0.00000161. The normalized spacial score (nSPS) is 29.0. The molecule has 1 aromatic carbocycles. The van der Waals surface area contributed by atoms with Crippen LogP contribution in [0.3, 0.4) is 0 Å². The highest BCUT2D eigenvalue weighted by Crippen LogP contribution is 2.36. The molecule has 0 saturated carbocycles. The molecule has 118 valence electrons. The Labute approximate surface area is 135 Å². The van der Waals surface area contributed by atoms with E-state index in [1.54, 1.807) is 0 Å². The molecule has 0 amide bonds. The maximum atomic E-state index is 3.52. The molecule has 21 heavy (non-hydrogen) atoms. The van der Waals surface area contributed by atoms with Crippen LogP contribution >= 0.6 is 12.4 Å².